The van der Waals surface area contributed by atoms with Gasteiger partial charge in [-0.3, -0.25) is 9.48 Å². The number of nitrogen functional groups attached to an aromatic ring is 1. The minimum Gasteiger partial charge on any atom is -0.482 e. The fraction of sp³-hybridized carbons (Fsp3) is 0.174. The summed E-state index contributed by atoms with van der Waals surface area (Å²) < 4.78 is 37.9. The lowest BCUT2D eigenvalue weighted by Crippen LogP contribution is -2.19. The third kappa shape index (κ3) is 3.11. The molecule has 1 atom stereocenters. The van der Waals surface area contributed by atoms with E-state index >= 15 is 4.39 Å². The minimum absolute atomic E-state index is 0.00870. The molecule has 0 saturated carbocycles. The van der Waals surface area contributed by atoms with Gasteiger partial charge in [-0.05, 0) is 32.0 Å². The number of benzene rings is 1. The highest BCUT2D eigenvalue weighted by Crippen LogP contribution is 2.37. The number of hydrogen-bond acceptors (Lipinski definition) is 7. The van der Waals surface area contributed by atoms with E-state index in [0.717, 1.165) is 10.7 Å². The predicted octanol–water partition coefficient (Wildman–Crippen LogP) is 3.39. The summed E-state index contributed by atoms with van der Waals surface area (Å²) in [5.74, 6) is -2.17. The third-order valence-corrected chi connectivity index (χ3v) is 5.61. The van der Waals surface area contributed by atoms with Gasteiger partial charge in [-0.25, -0.2) is 18.4 Å². The van der Waals surface area contributed by atoms with Crippen LogP contribution in [0.15, 0.2) is 30.5 Å². The van der Waals surface area contributed by atoms with Crippen LogP contribution in [0.1, 0.15) is 46.2 Å². The van der Waals surface area contributed by atoms with Crippen LogP contribution in [0.5, 0.6) is 5.75 Å². The van der Waals surface area contributed by atoms with E-state index in [0.29, 0.717) is 17.3 Å². The number of halogens is 2. The van der Waals surface area contributed by atoms with Crippen molar-refractivity contribution >= 4 is 11.6 Å². The maximum atomic E-state index is 15.2. The van der Waals surface area contributed by atoms with Crippen LogP contribution < -0.4 is 10.5 Å². The van der Waals surface area contributed by atoms with Crippen molar-refractivity contribution in [3.8, 4) is 28.6 Å². The average molecular weight is 461 g/mol. The lowest BCUT2D eigenvalue weighted by Gasteiger charge is -2.22. The number of carbonyl (C=O) groups excluding carboxylic acids is 1. The summed E-state index contributed by atoms with van der Waals surface area (Å²) >= 11 is 0. The van der Waals surface area contributed by atoms with Crippen molar-refractivity contribution in [2.24, 2.45) is 7.05 Å². The summed E-state index contributed by atoms with van der Waals surface area (Å²) in [6.45, 7) is 3.23. The first-order valence-corrected chi connectivity index (χ1v) is 10.2. The predicted molar refractivity (Wildman–Crippen MR) is 116 cm³/mol. The lowest BCUT2D eigenvalue weighted by atomic mass is 10.00. The van der Waals surface area contributed by atoms with Gasteiger partial charge in [0.2, 0.25) is 5.78 Å². The van der Waals surface area contributed by atoms with Crippen molar-refractivity contribution in [1.82, 2.24) is 24.5 Å². The molecule has 2 bridgehead atoms. The molecule has 34 heavy (non-hydrogen) atoms. The number of nitrogens with two attached hydrogens (primary N) is 1. The number of nitriles is 1. The van der Waals surface area contributed by atoms with Crippen LogP contribution in [0.25, 0.3) is 16.8 Å². The quantitative estimate of drug-likeness (QED) is 0.426. The molecule has 1 aromatic carbocycles. The highest BCUT2D eigenvalue weighted by Gasteiger charge is 2.31. The first-order chi connectivity index (χ1) is 16.2. The van der Waals surface area contributed by atoms with Crippen molar-refractivity contribution < 1.29 is 18.3 Å². The van der Waals surface area contributed by atoms with Gasteiger partial charge in [0.25, 0.3) is 0 Å². The Hall–Kier alpha value is -4.59. The Morgan fingerprint density at radius 1 is 1.21 bits per heavy atom. The molecule has 1 aliphatic heterocycles. The number of aromatic nitrogens is 5. The third-order valence-electron chi connectivity index (χ3n) is 5.61. The van der Waals surface area contributed by atoms with Crippen molar-refractivity contribution in [1.29, 1.82) is 5.26 Å². The van der Waals surface area contributed by atoms with E-state index in [1.165, 1.54) is 30.1 Å². The number of carbonyl (C=O) groups is 1. The summed E-state index contributed by atoms with van der Waals surface area (Å²) in [7, 11) is 1.52. The Balaban J connectivity index is 1.93. The Bertz CT molecular complexity index is 1550. The standard InChI is InChI=1S/C23H17F2N7O2/c1-10-4-17-22(33)21-19(16(8-26)30-31(21)3)12-5-18(23(27)28-9-12)34-11(2)14-6-13(24)7-15(25)20(14)32(17)29-10/h4-7,9,11H,1-3H3,(H2,27,28)/t11-/m1/s1. The smallest absolute Gasteiger partial charge is 0.230 e. The Morgan fingerprint density at radius 3 is 2.71 bits per heavy atom. The van der Waals surface area contributed by atoms with Gasteiger partial charge in [-0.1, -0.05) is 0 Å². The second-order valence-electron chi connectivity index (χ2n) is 7.91. The molecule has 1 aliphatic rings. The Kier molecular flexibility index (Phi) is 4.68. The number of ether oxygens (including phenoxy) is 1. The molecular formula is C23H17F2N7O2. The highest BCUT2D eigenvalue weighted by atomic mass is 19.1. The number of pyridine rings is 1. The molecular weight excluding hydrogens is 444 g/mol. The van der Waals surface area contributed by atoms with Gasteiger partial charge in [-0.15, -0.1) is 0 Å². The van der Waals surface area contributed by atoms with Crippen LogP contribution in [-0.4, -0.2) is 30.3 Å². The summed E-state index contributed by atoms with van der Waals surface area (Å²) in [5.41, 5.74) is 7.07. The van der Waals surface area contributed by atoms with Crippen molar-refractivity contribution in [2.75, 3.05) is 5.73 Å². The van der Waals surface area contributed by atoms with Gasteiger partial charge in [0.05, 0.1) is 11.3 Å². The molecule has 4 aromatic rings. The second-order valence-corrected chi connectivity index (χ2v) is 7.91. The van der Waals surface area contributed by atoms with Gasteiger partial charge in [0, 0.05) is 30.4 Å². The molecule has 0 aliphatic carbocycles. The Morgan fingerprint density at radius 2 is 1.97 bits per heavy atom. The van der Waals surface area contributed by atoms with Gasteiger partial charge in [0.15, 0.2) is 23.1 Å². The molecule has 0 radical (unpaired) electrons. The molecule has 0 saturated heterocycles. The number of fused-ring (bicyclic) bond motifs is 7. The monoisotopic (exact) mass is 461 g/mol. The molecule has 170 valence electrons. The molecule has 9 nitrogen and oxygen atoms in total. The number of rotatable bonds is 0. The van der Waals surface area contributed by atoms with Crippen molar-refractivity contribution in [3.05, 3.63) is 70.4 Å². The summed E-state index contributed by atoms with van der Waals surface area (Å²) in [6.07, 6.45) is 0.499. The largest absolute Gasteiger partial charge is 0.482 e. The molecule has 2 N–H and O–H groups in total. The van der Waals surface area contributed by atoms with Crippen LogP contribution in [0, 0.1) is 29.9 Å². The van der Waals surface area contributed by atoms with E-state index in [9.17, 15) is 14.4 Å². The number of aryl methyl sites for hydroxylation is 2. The molecule has 0 spiro atoms. The van der Waals surface area contributed by atoms with Crippen molar-refractivity contribution in [3.63, 3.8) is 0 Å². The van der Waals surface area contributed by atoms with E-state index in [2.05, 4.69) is 15.2 Å². The van der Waals surface area contributed by atoms with E-state index < -0.39 is 23.5 Å². The molecule has 0 unspecified atom stereocenters. The van der Waals surface area contributed by atoms with Crippen LogP contribution in [0.3, 0.4) is 0 Å². The van der Waals surface area contributed by atoms with E-state index in [1.807, 2.05) is 6.07 Å². The van der Waals surface area contributed by atoms with Gasteiger partial charge in [0.1, 0.15) is 35.1 Å². The first-order valence-electron chi connectivity index (χ1n) is 10.2. The van der Waals surface area contributed by atoms with Crippen molar-refractivity contribution in [2.45, 2.75) is 20.0 Å². The lowest BCUT2D eigenvalue weighted by molar-refractivity contribution is 0.102. The molecule has 4 heterocycles. The molecule has 0 amide bonds. The maximum Gasteiger partial charge on any atom is 0.230 e. The summed E-state index contributed by atoms with van der Waals surface area (Å²) in [5, 5.41) is 18.2. The molecule has 5 rings (SSSR count). The first kappa shape index (κ1) is 21.3. The van der Waals surface area contributed by atoms with E-state index in [-0.39, 0.29) is 45.5 Å². The number of hydrogen-bond donors (Lipinski definition) is 1. The van der Waals surface area contributed by atoms with Crippen LogP contribution in [0.2, 0.25) is 0 Å². The normalized spacial score (nSPS) is 14.7. The number of anilines is 1. The Labute approximate surface area is 192 Å². The summed E-state index contributed by atoms with van der Waals surface area (Å²) in [4.78, 5) is 18.0. The SMILES string of the molecule is Cc1cc2n(n1)-c1c(F)cc(F)cc1[C@@H](C)Oc1cc(cnc1N)-c1c(C#N)nn(C)c1C2=O. The highest BCUT2D eigenvalue weighted by molar-refractivity contribution is 6.11. The topological polar surface area (TPSA) is 125 Å². The average Bonchev–Trinajstić information content (AvgIpc) is 3.33. The maximum absolute atomic E-state index is 15.2. The molecule has 0 fully saturated rings. The van der Waals surface area contributed by atoms with Crippen LogP contribution in [-0.2, 0) is 7.05 Å². The van der Waals surface area contributed by atoms with Gasteiger partial charge in [-0.2, -0.15) is 15.5 Å². The fourth-order valence-corrected chi connectivity index (χ4v) is 4.15. The van der Waals surface area contributed by atoms with E-state index in [1.54, 1.807) is 13.8 Å². The van der Waals surface area contributed by atoms with Gasteiger partial charge < -0.3 is 10.5 Å². The van der Waals surface area contributed by atoms with E-state index in [4.69, 9.17) is 10.5 Å². The molecule has 11 heteroatoms. The van der Waals surface area contributed by atoms with Crippen LogP contribution in [0.4, 0.5) is 14.6 Å². The number of ketones is 1. The number of nitrogens with zero attached hydrogens (tertiary/aromatic N) is 6. The fourth-order valence-electron chi connectivity index (χ4n) is 4.15. The zero-order valence-corrected chi connectivity index (χ0v) is 18.3. The minimum atomic E-state index is -0.928. The second kappa shape index (κ2) is 7.48. The van der Waals surface area contributed by atoms with Gasteiger partial charge >= 0.3 is 0 Å². The summed E-state index contributed by atoms with van der Waals surface area (Å²) in [6, 6.07) is 6.83. The molecule has 3 aromatic heterocycles. The zero-order valence-electron chi connectivity index (χ0n) is 18.3. The van der Waals surface area contributed by atoms with Crippen LogP contribution >= 0.6 is 0 Å². The zero-order chi connectivity index (χ0) is 24.3.